The van der Waals surface area contributed by atoms with Crippen LogP contribution in [0.4, 0.5) is 5.69 Å². The number of carbonyl (C=O) groups is 4. The molecule has 1 aromatic carbocycles. The number of hydrogen-bond donors (Lipinski definition) is 13. The lowest BCUT2D eigenvalue weighted by Gasteiger charge is -2.46. The molecule has 0 aromatic heterocycles. The van der Waals surface area contributed by atoms with Crippen molar-refractivity contribution in [2.24, 2.45) is 23.5 Å². The second-order valence-electron chi connectivity index (χ2n) is 24.2. The van der Waals surface area contributed by atoms with Gasteiger partial charge in [-0.05, 0) is 82.2 Å². The summed E-state index contributed by atoms with van der Waals surface area (Å²) in [5.74, 6) is -6.45. The average molecular weight is 1250 g/mol. The fourth-order valence-corrected chi connectivity index (χ4v) is 11.5. The Morgan fingerprint density at radius 2 is 1.33 bits per heavy atom. The number of fused-ring (bicyclic) bond motifs is 2. The highest BCUT2D eigenvalue weighted by Crippen LogP contribution is 2.38. The van der Waals surface area contributed by atoms with Crippen molar-refractivity contribution in [3.8, 4) is 0 Å². The number of benzene rings is 1. The lowest BCUT2D eigenvalue weighted by atomic mass is 9.82. The van der Waals surface area contributed by atoms with E-state index in [1.807, 2.05) is 19.9 Å². The van der Waals surface area contributed by atoms with Gasteiger partial charge in [0.2, 0.25) is 5.91 Å². The molecule has 5 rings (SSSR count). The minimum absolute atomic E-state index is 0.103. The number of esters is 1. The normalized spacial score (nSPS) is 36.6. The number of aliphatic hydroxyl groups excluding tert-OH is 9. The van der Waals surface area contributed by atoms with Crippen LogP contribution in [-0.4, -0.2) is 223 Å². The number of cyclic esters (lactones) is 1. The first-order chi connectivity index (χ1) is 42.4. The second kappa shape index (κ2) is 38.6. The number of hydrogen-bond acceptors (Lipinski definition) is 22. The summed E-state index contributed by atoms with van der Waals surface area (Å²) in [6.45, 7) is 8.93. The van der Waals surface area contributed by atoms with Crippen LogP contribution >= 0.6 is 0 Å². The summed E-state index contributed by atoms with van der Waals surface area (Å²) in [7, 11) is 1.77. The molecule has 0 aliphatic carbocycles. The number of nitrogens with one attached hydrogen (secondary N) is 2. The largest absolute Gasteiger partial charge is 0.461 e. The molecule has 89 heavy (non-hydrogen) atoms. The van der Waals surface area contributed by atoms with Crippen LogP contribution in [0.25, 0.3) is 0 Å². The number of rotatable bonds is 15. The first kappa shape index (κ1) is 74.6. The molecule has 0 saturated carbocycles. The smallest absolute Gasteiger partial charge is 0.308 e. The monoisotopic (exact) mass is 1250 g/mol. The van der Waals surface area contributed by atoms with Crippen LogP contribution in [-0.2, 0) is 38.1 Å². The van der Waals surface area contributed by atoms with E-state index in [1.54, 1.807) is 117 Å². The van der Waals surface area contributed by atoms with E-state index in [4.69, 9.17) is 29.4 Å². The summed E-state index contributed by atoms with van der Waals surface area (Å²) in [6, 6.07) is 5.78. The molecular formula is C66H100N4O19. The minimum atomic E-state index is -2.29. The second-order valence-corrected chi connectivity index (χ2v) is 24.2. The van der Waals surface area contributed by atoms with Crippen molar-refractivity contribution >= 4 is 29.1 Å². The lowest BCUT2D eigenvalue weighted by molar-refractivity contribution is -0.307. The van der Waals surface area contributed by atoms with E-state index in [0.717, 1.165) is 18.8 Å². The molecule has 23 nitrogen and oxygen atoms in total. The fraction of sp³-hybridized carbons (Fsp3) is 0.636. The molecule has 0 spiro atoms. The first-order valence-electron chi connectivity index (χ1n) is 31.3. The van der Waals surface area contributed by atoms with Crippen LogP contribution in [0, 0.1) is 17.8 Å². The van der Waals surface area contributed by atoms with Gasteiger partial charge < -0.3 is 91.1 Å². The van der Waals surface area contributed by atoms with Crippen molar-refractivity contribution in [3.63, 3.8) is 0 Å². The Labute approximate surface area is 523 Å². The van der Waals surface area contributed by atoms with Crippen LogP contribution in [0.2, 0.25) is 0 Å². The number of nitrogens with zero attached hydrogens (tertiary/aromatic N) is 1. The van der Waals surface area contributed by atoms with Crippen molar-refractivity contribution < 1.29 is 93.9 Å². The molecule has 498 valence electrons. The number of carbonyl (C=O) groups excluding carboxylic acids is 4. The molecule has 23 heteroatoms. The number of ketones is 2. The van der Waals surface area contributed by atoms with Gasteiger partial charge in [-0.15, -0.1) is 0 Å². The maximum atomic E-state index is 14.1. The number of morpholine rings is 1. The molecule has 4 aliphatic rings. The number of allylic oxidation sites excluding steroid dienone is 12. The van der Waals surface area contributed by atoms with Crippen molar-refractivity contribution in [1.82, 2.24) is 10.2 Å². The van der Waals surface area contributed by atoms with Crippen molar-refractivity contribution in [3.05, 3.63) is 115 Å². The Morgan fingerprint density at radius 1 is 0.742 bits per heavy atom. The molecule has 19 atom stereocenters. The quantitative estimate of drug-likeness (QED) is 0.0681. The number of Topliss-reactive ketones (excluding diaryl/α,β-unsaturated/α-hetero) is 2. The molecule has 4 aliphatic heterocycles. The highest BCUT2D eigenvalue weighted by atomic mass is 16.7. The third kappa shape index (κ3) is 26.5. The lowest BCUT2D eigenvalue weighted by Crippen LogP contribution is -2.62. The van der Waals surface area contributed by atoms with E-state index in [-0.39, 0.29) is 56.3 Å². The van der Waals surface area contributed by atoms with Gasteiger partial charge in [0, 0.05) is 82.4 Å². The van der Waals surface area contributed by atoms with E-state index in [2.05, 4.69) is 15.5 Å². The van der Waals surface area contributed by atoms with E-state index in [1.165, 1.54) is 0 Å². The Kier molecular flexibility index (Phi) is 32.4. The molecular weight excluding hydrogens is 1150 g/mol. The molecule has 1 aromatic rings. The highest BCUT2D eigenvalue weighted by molar-refractivity contribution is 5.96. The molecule has 2 bridgehead atoms. The van der Waals surface area contributed by atoms with E-state index in [0.29, 0.717) is 38.2 Å². The van der Waals surface area contributed by atoms with Gasteiger partial charge in [-0.25, -0.2) is 0 Å². The van der Waals surface area contributed by atoms with Crippen molar-refractivity contribution in [2.75, 3.05) is 51.8 Å². The third-order valence-corrected chi connectivity index (χ3v) is 16.4. The third-order valence-electron chi connectivity index (χ3n) is 16.4. The van der Waals surface area contributed by atoms with Crippen LogP contribution < -0.4 is 16.4 Å². The molecule has 3 fully saturated rings. The summed E-state index contributed by atoms with van der Waals surface area (Å²) >= 11 is 0. The highest BCUT2D eigenvalue weighted by Gasteiger charge is 2.51. The average Bonchev–Trinajstić information content (AvgIpc) is 3.16. The van der Waals surface area contributed by atoms with Gasteiger partial charge in [0.05, 0.1) is 98.7 Å². The molecule has 4 heterocycles. The molecule has 3 saturated heterocycles. The first-order valence-corrected chi connectivity index (χ1v) is 31.3. The van der Waals surface area contributed by atoms with Gasteiger partial charge >= 0.3 is 5.97 Å². The summed E-state index contributed by atoms with van der Waals surface area (Å²) in [5, 5.41) is 117. The zero-order valence-electron chi connectivity index (χ0n) is 51.9. The van der Waals surface area contributed by atoms with E-state index < -0.39 is 160 Å². The zero-order chi connectivity index (χ0) is 65.0. The van der Waals surface area contributed by atoms with Gasteiger partial charge in [0.15, 0.2) is 17.9 Å². The van der Waals surface area contributed by atoms with Gasteiger partial charge in [-0.2, -0.15) is 0 Å². The zero-order valence-corrected chi connectivity index (χ0v) is 51.9. The number of amides is 1. The number of nitrogens with two attached hydrogens (primary N) is 1. The van der Waals surface area contributed by atoms with Crippen LogP contribution in [0.3, 0.4) is 0 Å². The molecule has 0 radical (unpaired) electrons. The summed E-state index contributed by atoms with van der Waals surface area (Å²) in [6.07, 6.45) is 3.92. The topological polar surface area (TPSA) is 370 Å². The molecule has 14 unspecified atom stereocenters. The van der Waals surface area contributed by atoms with Gasteiger partial charge in [-0.3, -0.25) is 24.1 Å². The Balaban J connectivity index is 1.35. The van der Waals surface area contributed by atoms with Crippen molar-refractivity contribution in [1.29, 1.82) is 0 Å². The number of anilines is 1. The standard InChI is InChI=1S/C66H100N4O19/c1-42-18-15-13-11-9-7-5-6-8-10-12-14-16-19-54(87-65-62(82)60(67)61(81)44(3)86-65)39-57-59(64(83)69-26-17-27-70-28-30-85-31-29-70)56(79)41-66(84,89-57)40-53(77)36-51(75)34-49(73)32-48(72)33-50(74)35-52(76)38-58(80)88-63(42)43(2)20-25-47(71)37-55(78)45-21-23-46(68-4)24-22-45/h5-16,18-19,21-24,42-44,47-49,51-54,56-57,59-63,65,68,71-73,75-77,79,81-82,84H,17,20,25-41,67H2,1-4H3,(H,69,83)/b6-5-,9-7-,10-8+,13-11+,14-12+,18-15+,19-16+/t42?,43?,44-,47?,48?,49?,51?,52?,53?,54?,56?,57?,59?,60+,61-,62+,63?,65+,66?/m1/s1. The maximum Gasteiger partial charge on any atom is 0.308 e. The van der Waals surface area contributed by atoms with E-state index in [9.17, 15) is 70.2 Å². The Morgan fingerprint density at radius 3 is 1.96 bits per heavy atom. The minimum Gasteiger partial charge on any atom is -0.461 e. The SMILES string of the molecule is CNc1ccc(C(=O)CC(O)CCC(C)C2OC(=O)CC(O)CC(=O)CC(O)CC(O)CC(O)CC(O)CC3(O)CC(O)C(C(=O)NCCCN4CCOCC4)C(CC(O[C@@H]4O[C@H](C)[C@@H](O)[C@H](N)[C@@H]4O)/C=C/C=C/C=C/C=C\C=C/C=C/C=C/C2C)O3)cc1. The maximum absolute atomic E-state index is 14.1. The molecule has 14 N–H and O–H groups in total. The number of aliphatic hydroxyl groups is 10. The van der Waals surface area contributed by atoms with Crippen molar-refractivity contribution in [2.45, 2.75) is 202 Å². The van der Waals surface area contributed by atoms with Gasteiger partial charge in [-0.1, -0.05) is 98.9 Å². The summed E-state index contributed by atoms with van der Waals surface area (Å²) in [4.78, 5) is 55.7. The predicted octanol–water partition coefficient (Wildman–Crippen LogP) is 2.50. The fourth-order valence-electron chi connectivity index (χ4n) is 11.5. The molecule has 1 amide bonds. The van der Waals surface area contributed by atoms with E-state index >= 15 is 0 Å². The summed E-state index contributed by atoms with van der Waals surface area (Å²) in [5.41, 5.74) is 7.48. The Hall–Kier alpha value is -5.16. The van der Waals surface area contributed by atoms with Crippen LogP contribution in [0.15, 0.2) is 109 Å². The number of ether oxygens (including phenoxy) is 5. The van der Waals surface area contributed by atoms with Crippen LogP contribution in [0.5, 0.6) is 0 Å². The van der Waals surface area contributed by atoms with Gasteiger partial charge in [0.25, 0.3) is 0 Å². The van der Waals surface area contributed by atoms with Crippen LogP contribution in [0.1, 0.15) is 115 Å². The predicted molar refractivity (Wildman–Crippen MR) is 332 cm³/mol. The van der Waals surface area contributed by atoms with Gasteiger partial charge in [0.1, 0.15) is 18.0 Å². The summed E-state index contributed by atoms with van der Waals surface area (Å²) < 4.78 is 29.9. The Bertz CT molecular complexity index is 2520.